The molecule has 1 aliphatic rings. The smallest absolute Gasteiger partial charge is 0.277 e. The molecule has 0 radical (unpaired) electrons. The van der Waals surface area contributed by atoms with Crippen molar-refractivity contribution in [1.82, 2.24) is 20.1 Å². The van der Waals surface area contributed by atoms with Crippen molar-refractivity contribution in [1.29, 1.82) is 5.26 Å². The number of nitrogens with zero attached hydrogens (tertiary/aromatic N) is 3. The zero-order valence-electron chi connectivity index (χ0n) is 19.8. The van der Waals surface area contributed by atoms with Crippen LogP contribution in [0.2, 0.25) is 0 Å². The summed E-state index contributed by atoms with van der Waals surface area (Å²) in [5.74, 6) is -0.906. The first kappa shape index (κ1) is 26.2. The standard InChI is InChI=1S/C24H25N7O4S/c1-3-26-23(34)16(12-25)10-22-31(4-2)24(35)19(36-22)8-9-27-17-6-5-7-18(11-17)29-21(33)14-30-13-20(32)28-15-30/h5-7,9,11,27H,3-4,13-15H2,1-2H3,(H,26,34)(H,28,32)(H,29,33). The molecule has 0 saturated carbocycles. The number of hydrogen-bond acceptors (Lipinski definition) is 8. The highest BCUT2D eigenvalue weighted by atomic mass is 32.1. The van der Waals surface area contributed by atoms with Gasteiger partial charge in [0.05, 0.1) is 19.8 Å². The molecule has 11 nitrogen and oxygen atoms in total. The number of likely N-dealkylation sites (N-methyl/N-ethyl adjacent to an activating group) is 1. The molecule has 12 heteroatoms. The van der Waals surface area contributed by atoms with Gasteiger partial charge in [0.15, 0.2) is 5.57 Å². The van der Waals surface area contributed by atoms with Crippen LogP contribution in [0.4, 0.5) is 11.4 Å². The van der Waals surface area contributed by atoms with Crippen molar-refractivity contribution < 1.29 is 14.4 Å². The molecule has 1 aromatic carbocycles. The number of carbonyl (C=O) groups excluding carboxylic acids is 3. The lowest BCUT2D eigenvalue weighted by Crippen LogP contribution is -2.32. The molecule has 3 amide bonds. The predicted molar refractivity (Wildman–Crippen MR) is 136 cm³/mol. The molecular weight excluding hydrogens is 482 g/mol. The van der Waals surface area contributed by atoms with E-state index in [0.717, 1.165) is 11.3 Å². The molecule has 0 unspecified atom stereocenters. The molecule has 1 aliphatic heterocycles. The summed E-state index contributed by atoms with van der Waals surface area (Å²) < 4.78 is 2.04. The van der Waals surface area contributed by atoms with Crippen molar-refractivity contribution >= 4 is 51.9 Å². The van der Waals surface area contributed by atoms with Gasteiger partial charge in [0, 0.05) is 30.7 Å². The van der Waals surface area contributed by atoms with Crippen LogP contribution in [0.25, 0.3) is 11.5 Å². The Hall–Kier alpha value is -4.39. The van der Waals surface area contributed by atoms with Gasteiger partial charge in [0.2, 0.25) is 11.8 Å². The van der Waals surface area contributed by atoms with Gasteiger partial charge in [-0.15, -0.1) is 0 Å². The number of anilines is 2. The Morgan fingerprint density at radius 1 is 1.25 bits per heavy atom. The SMILES string of the molecule is CCNC(=O)C(=C=c1sc(=C=CNc2cccc(NC(=O)CN3CNC(=O)C3)c2)c(=O)n1CC)C#N. The Morgan fingerprint density at radius 3 is 2.69 bits per heavy atom. The third kappa shape index (κ3) is 6.82. The van der Waals surface area contributed by atoms with Gasteiger partial charge in [-0.25, -0.2) is 0 Å². The normalized spacial score (nSPS) is 12.5. The molecule has 0 aliphatic carbocycles. The second-order valence-electron chi connectivity index (χ2n) is 7.56. The number of amides is 3. The molecule has 1 saturated heterocycles. The molecule has 2 heterocycles. The molecule has 1 fully saturated rings. The van der Waals surface area contributed by atoms with E-state index in [-0.39, 0.29) is 40.6 Å². The van der Waals surface area contributed by atoms with Crippen molar-refractivity contribution in [2.75, 3.05) is 36.9 Å². The second-order valence-corrected chi connectivity index (χ2v) is 8.56. The summed E-state index contributed by atoms with van der Waals surface area (Å²) in [6, 6.07) is 8.80. The highest BCUT2D eigenvalue weighted by Gasteiger charge is 2.20. The number of benzene rings is 1. The number of aromatic nitrogens is 1. The fourth-order valence-electron chi connectivity index (χ4n) is 3.27. The summed E-state index contributed by atoms with van der Waals surface area (Å²) in [6.07, 6.45) is 1.47. The molecule has 186 valence electrons. The van der Waals surface area contributed by atoms with Gasteiger partial charge in [-0.2, -0.15) is 5.26 Å². The van der Waals surface area contributed by atoms with Crippen LogP contribution in [0.15, 0.2) is 40.8 Å². The number of thiazole rings is 1. The Bertz CT molecular complexity index is 1470. The summed E-state index contributed by atoms with van der Waals surface area (Å²) >= 11 is 1.07. The minimum atomic E-state index is -0.552. The van der Waals surface area contributed by atoms with Crippen LogP contribution in [0, 0.1) is 11.3 Å². The molecule has 0 bridgehead atoms. The maximum absolute atomic E-state index is 12.7. The summed E-state index contributed by atoms with van der Waals surface area (Å²) in [7, 11) is 0. The van der Waals surface area contributed by atoms with Gasteiger partial charge in [0.1, 0.15) is 15.3 Å². The minimum absolute atomic E-state index is 0.0909. The number of hydrogen-bond donors (Lipinski definition) is 4. The number of rotatable bonds is 8. The fourth-order valence-corrected chi connectivity index (χ4v) is 4.26. The first-order valence-electron chi connectivity index (χ1n) is 11.1. The van der Waals surface area contributed by atoms with E-state index in [0.29, 0.717) is 35.8 Å². The van der Waals surface area contributed by atoms with E-state index in [4.69, 9.17) is 0 Å². The van der Waals surface area contributed by atoms with Gasteiger partial charge < -0.3 is 21.3 Å². The Morgan fingerprint density at radius 2 is 2.03 bits per heavy atom. The lowest BCUT2D eigenvalue weighted by molar-refractivity contribution is -0.119. The quantitative estimate of drug-likeness (QED) is 0.271. The van der Waals surface area contributed by atoms with Gasteiger partial charge in [-0.05, 0) is 32.0 Å². The van der Waals surface area contributed by atoms with Crippen molar-refractivity contribution in [3.63, 3.8) is 0 Å². The van der Waals surface area contributed by atoms with Gasteiger partial charge in [-0.1, -0.05) is 28.9 Å². The zero-order chi connectivity index (χ0) is 26.1. The summed E-state index contributed by atoms with van der Waals surface area (Å²) in [5.41, 5.74) is 6.34. The van der Waals surface area contributed by atoms with Crippen molar-refractivity contribution in [2.45, 2.75) is 20.4 Å². The van der Waals surface area contributed by atoms with Crippen LogP contribution in [0.1, 0.15) is 13.8 Å². The summed E-state index contributed by atoms with van der Waals surface area (Å²) in [5, 5.41) is 20.3. The third-order valence-electron chi connectivity index (χ3n) is 4.93. The third-order valence-corrected chi connectivity index (χ3v) is 5.94. The van der Waals surface area contributed by atoms with Crippen LogP contribution in [-0.4, -0.2) is 53.5 Å². The molecule has 1 aromatic heterocycles. The van der Waals surface area contributed by atoms with E-state index in [2.05, 4.69) is 32.7 Å². The van der Waals surface area contributed by atoms with Crippen molar-refractivity contribution in [3.8, 4) is 6.07 Å². The molecule has 0 atom stereocenters. The average Bonchev–Trinajstić information content (AvgIpc) is 3.39. The molecule has 3 rings (SSSR count). The van der Waals surface area contributed by atoms with Gasteiger partial charge in [-0.3, -0.25) is 28.6 Å². The summed E-state index contributed by atoms with van der Waals surface area (Å²) in [6.45, 7) is 4.85. The number of carbonyl (C=O) groups is 3. The van der Waals surface area contributed by atoms with Crippen LogP contribution < -0.4 is 36.0 Å². The number of nitrogens with one attached hydrogen (secondary N) is 4. The Balaban J connectivity index is 1.81. The molecule has 2 aromatic rings. The van der Waals surface area contributed by atoms with E-state index < -0.39 is 5.91 Å². The van der Waals surface area contributed by atoms with Gasteiger partial charge in [0.25, 0.3) is 11.5 Å². The van der Waals surface area contributed by atoms with Crippen molar-refractivity contribution in [2.24, 2.45) is 0 Å². The maximum atomic E-state index is 12.7. The first-order chi connectivity index (χ1) is 17.3. The Labute approximate surface area is 210 Å². The van der Waals surface area contributed by atoms with E-state index in [1.165, 1.54) is 10.8 Å². The number of nitriles is 1. The minimum Gasteiger partial charge on any atom is -0.355 e. The molecule has 4 N–H and O–H groups in total. The monoisotopic (exact) mass is 507 g/mol. The van der Waals surface area contributed by atoms with Crippen LogP contribution >= 0.6 is 11.3 Å². The topological polar surface area (TPSA) is 148 Å². The fraction of sp³-hybridized carbons (Fsp3) is 0.292. The second kappa shape index (κ2) is 12.4. The van der Waals surface area contributed by atoms with Crippen LogP contribution in [0.3, 0.4) is 0 Å². The van der Waals surface area contributed by atoms with E-state index >= 15 is 0 Å². The summed E-state index contributed by atoms with van der Waals surface area (Å²) in [4.78, 5) is 49.9. The van der Waals surface area contributed by atoms with Crippen LogP contribution in [-0.2, 0) is 20.9 Å². The van der Waals surface area contributed by atoms with E-state index in [9.17, 15) is 24.4 Å². The predicted octanol–water partition coefficient (Wildman–Crippen LogP) is -0.772. The lowest BCUT2D eigenvalue weighted by atomic mass is 10.2. The van der Waals surface area contributed by atoms with Crippen molar-refractivity contribution in [3.05, 3.63) is 55.6 Å². The van der Waals surface area contributed by atoms with E-state index in [1.807, 2.05) is 6.07 Å². The molecule has 0 spiro atoms. The molecule has 36 heavy (non-hydrogen) atoms. The van der Waals surface area contributed by atoms with Crippen LogP contribution in [0.5, 0.6) is 0 Å². The van der Waals surface area contributed by atoms with E-state index in [1.54, 1.807) is 43.0 Å². The first-order valence-corrected chi connectivity index (χ1v) is 12.0. The highest BCUT2D eigenvalue weighted by Crippen LogP contribution is 2.15. The lowest BCUT2D eigenvalue weighted by Gasteiger charge is -2.12. The Kier molecular flexibility index (Phi) is 9.00. The molecular formula is C24H25N7O4S. The largest absolute Gasteiger partial charge is 0.355 e. The average molecular weight is 508 g/mol. The van der Waals surface area contributed by atoms with Gasteiger partial charge >= 0.3 is 0 Å². The highest BCUT2D eigenvalue weighted by molar-refractivity contribution is 7.07. The zero-order valence-corrected chi connectivity index (χ0v) is 20.6. The maximum Gasteiger partial charge on any atom is 0.277 e.